The van der Waals surface area contributed by atoms with Gasteiger partial charge in [-0.05, 0) is 38.3 Å². The highest BCUT2D eigenvalue weighted by Gasteiger charge is 2.11. The van der Waals surface area contributed by atoms with Crippen LogP contribution in [0.2, 0.25) is 0 Å². The van der Waals surface area contributed by atoms with E-state index in [1.807, 2.05) is 0 Å². The summed E-state index contributed by atoms with van der Waals surface area (Å²) in [6.45, 7) is 3.62. The fraction of sp³-hybridized carbons (Fsp3) is 1.00. The first-order chi connectivity index (χ1) is 5.93. The molecule has 0 bridgehead atoms. The van der Waals surface area contributed by atoms with Gasteiger partial charge in [-0.2, -0.15) is 0 Å². The molecule has 1 rings (SSSR count). The molecule has 0 saturated carbocycles. The lowest BCUT2D eigenvalue weighted by atomic mass is 9.97. The third-order valence-electron chi connectivity index (χ3n) is 2.27. The normalized spacial score (nSPS) is 24.2. The first-order valence-corrected chi connectivity index (χ1v) is 4.71. The number of piperidine rings is 1. The molecule has 12 heavy (non-hydrogen) atoms. The first-order valence-electron chi connectivity index (χ1n) is 4.71. The summed E-state index contributed by atoms with van der Waals surface area (Å²) in [4.78, 5) is 0. The van der Waals surface area contributed by atoms with E-state index >= 15 is 0 Å². The first kappa shape index (κ1) is 9.96. The summed E-state index contributed by atoms with van der Waals surface area (Å²) in [5.74, 6) is 0.815. The number of methoxy groups -OCH3 is 1. The lowest BCUT2D eigenvalue weighted by Crippen LogP contribution is -2.30. The molecule has 1 aliphatic heterocycles. The van der Waals surface area contributed by atoms with E-state index in [-0.39, 0.29) is 0 Å². The second-order valence-corrected chi connectivity index (χ2v) is 3.32. The summed E-state index contributed by atoms with van der Waals surface area (Å²) in [6.07, 6.45) is 3.83. The van der Waals surface area contributed by atoms with Crippen LogP contribution in [0.1, 0.15) is 19.3 Å². The van der Waals surface area contributed by atoms with Crippen LogP contribution in [0.5, 0.6) is 0 Å². The van der Waals surface area contributed by atoms with Crippen molar-refractivity contribution in [3.05, 3.63) is 0 Å². The van der Waals surface area contributed by atoms with Gasteiger partial charge in [-0.15, -0.1) is 0 Å². The summed E-state index contributed by atoms with van der Waals surface area (Å²) < 4.78 is 10.0. The molecule has 1 aliphatic rings. The lowest BCUT2D eigenvalue weighted by molar-refractivity contribution is -0.0350. The minimum absolute atomic E-state index is 0.431. The van der Waals surface area contributed by atoms with E-state index in [4.69, 9.17) is 9.47 Å². The van der Waals surface area contributed by atoms with Crippen molar-refractivity contribution in [3.63, 3.8) is 0 Å². The van der Waals surface area contributed by atoms with Gasteiger partial charge < -0.3 is 14.8 Å². The number of ether oxygens (including phenoxy) is 2. The monoisotopic (exact) mass is 173 g/mol. The minimum Gasteiger partial charge on any atom is -0.359 e. The third kappa shape index (κ3) is 4.04. The fourth-order valence-electron chi connectivity index (χ4n) is 1.56. The summed E-state index contributed by atoms with van der Waals surface area (Å²) in [5, 5.41) is 3.39. The maximum absolute atomic E-state index is 5.24. The van der Waals surface area contributed by atoms with Crippen LogP contribution in [0.3, 0.4) is 0 Å². The van der Waals surface area contributed by atoms with Crippen LogP contribution in [-0.4, -0.2) is 33.6 Å². The molecule has 1 heterocycles. The van der Waals surface area contributed by atoms with Gasteiger partial charge in [0.1, 0.15) is 6.79 Å². The number of nitrogens with one attached hydrogen (secondary N) is 1. The molecule has 0 aromatic carbocycles. The van der Waals surface area contributed by atoms with Crippen LogP contribution >= 0.6 is 0 Å². The van der Waals surface area contributed by atoms with Crippen LogP contribution in [0.15, 0.2) is 0 Å². The quantitative estimate of drug-likeness (QED) is 0.497. The molecule has 0 aromatic heterocycles. The highest BCUT2D eigenvalue weighted by Crippen LogP contribution is 2.13. The van der Waals surface area contributed by atoms with Crippen LogP contribution in [0.25, 0.3) is 0 Å². The van der Waals surface area contributed by atoms with Gasteiger partial charge in [-0.25, -0.2) is 0 Å². The van der Waals surface area contributed by atoms with Gasteiger partial charge in [0.2, 0.25) is 0 Å². The Morgan fingerprint density at radius 1 is 1.50 bits per heavy atom. The Morgan fingerprint density at radius 2 is 2.42 bits per heavy atom. The van der Waals surface area contributed by atoms with E-state index in [1.165, 1.54) is 19.4 Å². The van der Waals surface area contributed by atoms with Gasteiger partial charge >= 0.3 is 0 Å². The Balaban J connectivity index is 1.91. The Hall–Kier alpha value is -0.120. The van der Waals surface area contributed by atoms with E-state index < -0.39 is 0 Å². The minimum atomic E-state index is 0.431. The van der Waals surface area contributed by atoms with Crippen molar-refractivity contribution >= 4 is 0 Å². The Morgan fingerprint density at radius 3 is 3.08 bits per heavy atom. The topological polar surface area (TPSA) is 30.5 Å². The van der Waals surface area contributed by atoms with E-state index in [0.29, 0.717) is 6.79 Å². The van der Waals surface area contributed by atoms with Crippen LogP contribution < -0.4 is 5.32 Å². The summed E-state index contributed by atoms with van der Waals surface area (Å²) in [5.41, 5.74) is 0. The second kappa shape index (κ2) is 6.40. The zero-order chi connectivity index (χ0) is 8.65. The van der Waals surface area contributed by atoms with E-state index in [0.717, 1.165) is 25.5 Å². The maximum Gasteiger partial charge on any atom is 0.146 e. The van der Waals surface area contributed by atoms with Crippen molar-refractivity contribution in [1.82, 2.24) is 5.32 Å². The molecule has 1 saturated heterocycles. The maximum atomic E-state index is 5.24. The lowest BCUT2D eigenvalue weighted by Gasteiger charge is -2.22. The molecule has 72 valence electrons. The fourth-order valence-corrected chi connectivity index (χ4v) is 1.56. The molecule has 1 unspecified atom stereocenters. The zero-order valence-corrected chi connectivity index (χ0v) is 7.84. The smallest absolute Gasteiger partial charge is 0.146 e. The molecule has 0 amide bonds. The Labute approximate surface area is 74.4 Å². The van der Waals surface area contributed by atoms with Gasteiger partial charge in [-0.3, -0.25) is 0 Å². The Kier molecular flexibility index (Phi) is 5.32. The molecule has 1 fully saturated rings. The molecule has 0 aliphatic carbocycles. The summed E-state index contributed by atoms with van der Waals surface area (Å²) in [7, 11) is 1.65. The number of hydrogen-bond donors (Lipinski definition) is 1. The molecule has 1 atom stereocenters. The molecule has 0 radical (unpaired) electrons. The van der Waals surface area contributed by atoms with Crippen molar-refractivity contribution in [2.24, 2.45) is 5.92 Å². The highest BCUT2D eigenvalue weighted by molar-refractivity contribution is 4.68. The molecule has 0 aromatic rings. The second-order valence-electron chi connectivity index (χ2n) is 3.32. The van der Waals surface area contributed by atoms with E-state index in [9.17, 15) is 0 Å². The SMILES string of the molecule is COCOCCC1CCCNC1. The van der Waals surface area contributed by atoms with Crippen molar-refractivity contribution < 1.29 is 9.47 Å². The van der Waals surface area contributed by atoms with Gasteiger partial charge in [-0.1, -0.05) is 0 Å². The number of rotatable bonds is 5. The van der Waals surface area contributed by atoms with Crippen LogP contribution in [0.4, 0.5) is 0 Å². The number of hydrogen-bond acceptors (Lipinski definition) is 3. The molecule has 3 nitrogen and oxygen atoms in total. The van der Waals surface area contributed by atoms with Crippen LogP contribution in [-0.2, 0) is 9.47 Å². The predicted octanol–water partition coefficient (Wildman–Crippen LogP) is 0.997. The van der Waals surface area contributed by atoms with E-state index in [2.05, 4.69) is 5.32 Å². The molecule has 3 heteroatoms. The van der Waals surface area contributed by atoms with Crippen molar-refractivity contribution in [2.45, 2.75) is 19.3 Å². The predicted molar refractivity (Wildman–Crippen MR) is 48.0 cm³/mol. The third-order valence-corrected chi connectivity index (χ3v) is 2.27. The van der Waals surface area contributed by atoms with Gasteiger partial charge in [0.15, 0.2) is 0 Å². The summed E-state index contributed by atoms with van der Waals surface area (Å²) in [6, 6.07) is 0. The zero-order valence-electron chi connectivity index (χ0n) is 7.84. The van der Waals surface area contributed by atoms with Crippen LogP contribution in [0, 0.1) is 5.92 Å². The summed E-state index contributed by atoms with van der Waals surface area (Å²) >= 11 is 0. The van der Waals surface area contributed by atoms with Gasteiger partial charge in [0.05, 0.1) is 0 Å². The highest BCUT2D eigenvalue weighted by atomic mass is 16.7. The molecular formula is C9H19NO2. The standard InChI is InChI=1S/C9H19NO2/c1-11-8-12-6-4-9-3-2-5-10-7-9/h9-10H,2-8H2,1H3. The molecule has 0 spiro atoms. The largest absolute Gasteiger partial charge is 0.359 e. The van der Waals surface area contributed by atoms with Crippen molar-refractivity contribution in [2.75, 3.05) is 33.6 Å². The van der Waals surface area contributed by atoms with E-state index in [1.54, 1.807) is 7.11 Å². The molecule has 1 N–H and O–H groups in total. The Bertz CT molecular complexity index is 103. The average Bonchev–Trinajstić information content (AvgIpc) is 2.14. The molecular weight excluding hydrogens is 154 g/mol. The average molecular weight is 173 g/mol. The van der Waals surface area contributed by atoms with Gasteiger partial charge in [0, 0.05) is 13.7 Å². The van der Waals surface area contributed by atoms with Crippen molar-refractivity contribution in [3.8, 4) is 0 Å². The van der Waals surface area contributed by atoms with Crippen molar-refractivity contribution in [1.29, 1.82) is 0 Å². The van der Waals surface area contributed by atoms with Gasteiger partial charge in [0.25, 0.3) is 0 Å².